The molecular weight excluding hydrogens is 276 g/mol. The average Bonchev–Trinajstić information content (AvgIpc) is 2.87. The van der Waals surface area contributed by atoms with Crippen LogP contribution in [0, 0.1) is 13.8 Å². The van der Waals surface area contributed by atoms with Crippen LogP contribution in [-0.2, 0) is 0 Å². The molecule has 1 saturated carbocycles. The van der Waals surface area contributed by atoms with Gasteiger partial charge in [-0.2, -0.15) is 0 Å². The Bertz CT molecular complexity index is 648. The maximum atomic E-state index is 12.5. The highest BCUT2D eigenvalue weighted by Crippen LogP contribution is 2.33. The van der Waals surface area contributed by atoms with Gasteiger partial charge < -0.3 is 9.73 Å². The normalized spacial score (nSPS) is 21.5. The molecule has 1 aromatic carbocycles. The Morgan fingerprint density at radius 2 is 1.91 bits per heavy atom. The van der Waals surface area contributed by atoms with Gasteiger partial charge in [0.25, 0.3) is 5.91 Å². The van der Waals surface area contributed by atoms with Gasteiger partial charge in [0, 0.05) is 18.9 Å². The number of hydrogen-bond acceptors (Lipinski definition) is 3. The van der Waals surface area contributed by atoms with Crippen molar-refractivity contribution in [2.24, 2.45) is 0 Å². The van der Waals surface area contributed by atoms with Crippen LogP contribution in [-0.4, -0.2) is 16.9 Å². The molecule has 116 valence electrons. The quantitative estimate of drug-likeness (QED) is 0.939. The van der Waals surface area contributed by atoms with Gasteiger partial charge in [0.15, 0.2) is 5.89 Å². The summed E-state index contributed by atoms with van der Waals surface area (Å²) in [5, 5.41) is 3.17. The largest absolute Gasteiger partial charge is 0.436 e. The minimum atomic E-state index is -0.147. The summed E-state index contributed by atoms with van der Waals surface area (Å²) in [5.74, 6) is 1.11. The van der Waals surface area contributed by atoms with E-state index < -0.39 is 0 Å². The van der Waals surface area contributed by atoms with Crippen molar-refractivity contribution in [2.45, 2.75) is 51.5 Å². The molecule has 2 aromatic rings. The van der Waals surface area contributed by atoms with Gasteiger partial charge in [-0.05, 0) is 25.3 Å². The van der Waals surface area contributed by atoms with Crippen molar-refractivity contribution in [2.75, 3.05) is 0 Å². The van der Waals surface area contributed by atoms with Crippen molar-refractivity contribution in [3.8, 4) is 0 Å². The molecule has 2 atom stereocenters. The molecule has 1 N–H and O–H groups in total. The van der Waals surface area contributed by atoms with Crippen LogP contribution >= 0.6 is 0 Å². The topological polar surface area (TPSA) is 55.1 Å². The number of nitrogens with one attached hydrogen (secondary N) is 1. The van der Waals surface area contributed by atoms with Gasteiger partial charge in [-0.25, -0.2) is 4.98 Å². The van der Waals surface area contributed by atoms with Crippen molar-refractivity contribution in [3.63, 3.8) is 0 Å². The predicted octanol–water partition coefficient (Wildman–Crippen LogP) is 3.75. The summed E-state index contributed by atoms with van der Waals surface area (Å²) in [7, 11) is 0. The van der Waals surface area contributed by atoms with Gasteiger partial charge >= 0.3 is 0 Å². The Morgan fingerprint density at radius 3 is 2.59 bits per heavy atom. The number of nitrogens with zero attached hydrogens (tertiary/aromatic N) is 1. The molecular formula is C18H22N2O2. The number of rotatable bonds is 3. The smallest absolute Gasteiger partial charge is 0.289 e. The zero-order chi connectivity index (χ0) is 15.5. The highest BCUT2D eigenvalue weighted by Gasteiger charge is 2.29. The Morgan fingerprint density at radius 1 is 1.18 bits per heavy atom. The number of hydrogen-bond donors (Lipinski definition) is 1. The Balaban J connectivity index is 1.77. The van der Waals surface area contributed by atoms with E-state index in [9.17, 15) is 4.79 Å². The second kappa shape index (κ2) is 6.34. The van der Waals surface area contributed by atoms with E-state index in [1.165, 1.54) is 12.0 Å². The van der Waals surface area contributed by atoms with Gasteiger partial charge in [-0.1, -0.05) is 43.2 Å². The van der Waals surface area contributed by atoms with Crippen LogP contribution in [0.1, 0.15) is 59.3 Å². The van der Waals surface area contributed by atoms with Crippen LogP contribution in [0.15, 0.2) is 34.7 Å². The Kier molecular flexibility index (Phi) is 4.27. The van der Waals surface area contributed by atoms with E-state index in [2.05, 4.69) is 34.6 Å². The first-order valence-electron chi connectivity index (χ1n) is 7.95. The monoisotopic (exact) mass is 298 g/mol. The first-order valence-corrected chi connectivity index (χ1v) is 7.95. The van der Waals surface area contributed by atoms with Crippen molar-refractivity contribution < 1.29 is 9.21 Å². The molecule has 1 aliphatic rings. The van der Waals surface area contributed by atoms with Crippen molar-refractivity contribution in [1.82, 2.24) is 10.3 Å². The fourth-order valence-electron chi connectivity index (χ4n) is 3.38. The number of carbonyl (C=O) groups excluding carboxylic acids is 1. The zero-order valence-electron chi connectivity index (χ0n) is 13.1. The zero-order valence-corrected chi connectivity index (χ0v) is 13.1. The molecule has 0 aliphatic heterocycles. The minimum Gasteiger partial charge on any atom is -0.436 e. The van der Waals surface area contributed by atoms with Crippen LogP contribution in [0.5, 0.6) is 0 Å². The van der Waals surface area contributed by atoms with E-state index in [-0.39, 0.29) is 11.9 Å². The standard InChI is InChI=1S/C18H22N2O2/c1-12-17(22-13(2)19-12)18(21)20-16-11-7-6-10-15(16)14-8-4-3-5-9-14/h3-5,8-9,15-16H,6-7,10-11H2,1-2H3,(H,20,21)/t15-,16+/m0/s1. The number of aromatic nitrogens is 1. The maximum absolute atomic E-state index is 12.5. The van der Waals surface area contributed by atoms with E-state index >= 15 is 0 Å². The third kappa shape index (κ3) is 3.06. The molecule has 3 rings (SSSR count). The summed E-state index contributed by atoms with van der Waals surface area (Å²) in [6.07, 6.45) is 4.50. The van der Waals surface area contributed by atoms with Crippen molar-refractivity contribution >= 4 is 5.91 Å². The fraction of sp³-hybridized carbons (Fsp3) is 0.444. The lowest BCUT2D eigenvalue weighted by atomic mass is 9.80. The van der Waals surface area contributed by atoms with Gasteiger partial charge in [0.2, 0.25) is 5.76 Å². The first kappa shape index (κ1) is 14.8. The van der Waals surface area contributed by atoms with Crippen LogP contribution < -0.4 is 5.32 Å². The van der Waals surface area contributed by atoms with Crippen molar-refractivity contribution in [1.29, 1.82) is 0 Å². The molecule has 1 aliphatic carbocycles. The lowest BCUT2D eigenvalue weighted by Gasteiger charge is -2.32. The lowest BCUT2D eigenvalue weighted by molar-refractivity contribution is 0.0890. The molecule has 22 heavy (non-hydrogen) atoms. The van der Waals surface area contributed by atoms with Gasteiger partial charge in [0.05, 0.1) is 5.69 Å². The second-order valence-corrected chi connectivity index (χ2v) is 6.03. The minimum absolute atomic E-state index is 0.147. The van der Waals surface area contributed by atoms with Crippen LogP contribution in [0.25, 0.3) is 0 Å². The molecule has 4 heteroatoms. The summed E-state index contributed by atoms with van der Waals surface area (Å²) in [6.45, 7) is 3.57. The molecule has 0 radical (unpaired) electrons. The Hall–Kier alpha value is -2.10. The van der Waals surface area contributed by atoms with Crippen molar-refractivity contribution in [3.05, 3.63) is 53.2 Å². The maximum Gasteiger partial charge on any atom is 0.289 e. The van der Waals surface area contributed by atoms with Gasteiger partial charge in [-0.3, -0.25) is 4.79 Å². The molecule has 0 bridgehead atoms. The molecule has 0 saturated heterocycles. The first-order chi connectivity index (χ1) is 10.6. The average molecular weight is 298 g/mol. The summed E-state index contributed by atoms with van der Waals surface area (Å²) >= 11 is 0. The van der Waals surface area contributed by atoms with E-state index in [1.54, 1.807) is 13.8 Å². The summed E-state index contributed by atoms with van der Waals surface area (Å²) in [6, 6.07) is 10.6. The summed E-state index contributed by atoms with van der Waals surface area (Å²) < 4.78 is 5.44. The molecule has 1 heterocycles. The highest BCUT2D eigenvalue weighted by molar-refractivity contribution is 5.92. The number of aryl methyl sites for hydroxylation is 2. The van der Waals surface area contributed by atoms with Crippen LogP contribution in [0.4, 0.5) is 0 Å². The molecule has 0 spiro atoms. The second-order valence-electron chi connectivity index (χ2n) is 6.03. The van der Waals surface area contributed by atoms with E-state index in [0.29, 0.717) is 23.3 Å². The fourth-order valence-corrected chi connectivity index (χ4v) is 3.38. The number of benzene rings is 1. The Labute approximate surface area is 130 Å². The predicted molar refractivity (Wildman–Crippen MR) is 84.9 cm³/mol. The number of amides is 1. The SMILES string of the molecule is Cc1nc(C)c(C(=O)N[C@@H]2CCCC[C@H]2c2ccccc2)o1. The number of oxazole rings is 1. The van der Waals surface area contributed by atoms with Crippen LogP contribution in [0.2, 0.25) is 0 Å². The molecule has 0 unspecified atom stereocenters. The van der Waals surface area contributed by atoms with E-state index in [0.717, 1.165) is 19.3 Å². The molecule has 1 fully saturated rings. The summed E-state index contributed by atoms with van der Waals surface area (Å²) in [4.78, 5) is 16.7. The number of carbonyl (C=O) groups is 1. The molecule has 1 amide bonds. The van der Waals surface area contributed by atoms with Gasteiger partial charge in [0.1, 0.15) is 0 Å². The van der Waals surface area contributed by atoms with E-state index in [1.807, 2.05) is 6.07 Å². The van der Waals surface area contributed by atoms with E-state index in [4.69, 9.17) is 4.42 Å². The third-order valence-electron chi connectivity index (χ3n) is 4.42. The third-order valence-corrected chi connectivity index (χ3v) is 4.42. The molecule has 4 nitrogen and oxygen atoms in total. The lowest BCUT2D eigenvalue weighted by Crippen LogP contribution is -2.41. The molecule has 1 aromatic heterocycles. The van der Waals surface area contributed by atoms with Gasteiger partial charge in [-0.15, -0.1) is 0 Å². The highest BCUT2D eigenvalue weighted by atomic mass is 16.4. The summed E-state index contributed by atoms with van der Waals surface area (Å²) in [5.41, 5.74) is 1.96. The van der Waals surface area contributed by atoms with Crippen LogP contribution in [0.3, 0.4) is 0 Å².